The molecular weight excluding hydrogens is 380 g/mol. The van der Waals surface area contributed by atoms with Crippen molar-refractivity contribution in [3.8, 4) is 0 Å². The molecule has 2 aromatic rings. The summed E-state index contributed by atoms with van der Waals surface area (Å²) >= 11 is 3.44. The maximum Gasteiger partial charge on any atom is 0.322 e. The van der Waals surface area contributed by atoms with E-state index in [-0.39, 0.29) is 0 Å². The first kappa shape index (κ1) is 16.7. The molecule has 2 aromatic carbocycles. The van der Waals surface area contributed by atoms with E-state index >= 15 is 0 Å². The molecule has 0 unspecified atom stereocenters. The second-order valence-corrected chi connectivity index (χ2v) is 6.40. The first-order valence-electron chi connectivity index (χ1n) is 7.55. The van der Waals surface area contributed by atoms with Crippen LogP contribution in [-0.2, 0) is 0 Å². The van der Waals surface area contributed by atoms with Crippen molar-refractivity contribution in [1.29, 1.82) is 0 Å². The van der Waals surface area contributed by atoms with Crippen LogP contribution in [0.3, 0.4) is 0 Å². The standard InChI is InChI=1S/C17H16BrF2N3O/c18-12-3-1-4-13(11-12)22-7-9-23(10-8-22)17(24)21-16-14(19)5-2-6-15(16)20/h1-6,11H,7-10H2,(H,21,24). The van der Waals surface area contributed by atoms with Gasteiger partial charge in [-0.3, -0.25) is 0 Å². The molecular formula is C17H16BrF2N3O. The normalized spacial score (nSPS) is 14.6. The molecule has 1 aliphatic rings. The van der Waals surface area contributed by atoms with Gasteiger partial charge in [-0.1, -0.05) is 28.1 Å². The van der Waals surface area contributed by atoms with E-state index in [1.54, 1.807) is 4.90 Å². The molecule has 24 heavy (non-hydrogen) atoms. The van der Waals surface area contributed by atoms with E-state index in [4.69, 9.17) is 0 Å². The average molecular weight is 396 g/mol. The maximum absolute atomic E-state index is 13.6. The molecule has 3 rings (SSSR count). The number of amides is 2. The Bertz CT molecular complexity index is 728. The molecule has 0 radical (unpaired) electrons. The summed E-state index contributed by atoms with van der Waals surface area (Å²) in [5.74, 6) is -1.56. The fraction of sp³-hybridized carbons (Fsp3) is 0.235. The maximum atomic E-state index is 13.6. The average Bonchev–Trinajstić information content (AvgIpc) is 2.58. The first-order chi connectivity index (χ1) is 11.5. The van der Waals surface area contributed by atoms with E-state index in [2.05, 4.69) is 26.1 Å². The minimum atomic E-state index is -0.781. The molecule has 7 heteroatoms. The molecule has 4 nitrogen and oxygen atoms in total. The molecule has 0 saturated carbocycles. The summed E-state index contributed by atoms with van der Waals surface area (Å²) in [5, 5.41) is 2.32. The number of piperazine rings is 1. The number of benzene rings is 2. The van der Waals surface area contributed by atoms with Crippen molar-refractivity contribution >= 4 is 33.3 Å². The van der Waals surface area contributed by atoms with Gasteiger partial charge in [0.25, 0.3) is 0 Å². The minimum Gasteiger partial charge on any atom is -0.368 e. The van der Waals surface area contributed by atoms with E-state index in [1.807, 2.05) is 24.3 Å². The first-order valence-corrected chi connectivity index (χ1v) is 8.34. The molecule has 0 aromatic heterocycles. The summed E-state index contributed by atoms with van der Waals surface area (Å²) in [6.45, 7) is 2.27. The molecule has 1 heterocycles. The topological polar surface area (TPSA) is 35.6 Å². The third-order valence-electron chi connectivity index (χ3n) is 3.93. The highest BCUT2D eigenvalue weighted by atomic mass is 79.9. The van der Waals surface area contributed by atoms with Crippen LogP contribution in [0, 0.1) is 11.6 Å². The Morgan fingerprint density at radius 1 is 1.00 bits per heavy atom. The summed E-state index contributed by atoms with van der Waals surface area (Å²) in [5.41, 5.74) is 0.668. The van der Waals surface area contributed by atoms with Crippen LogP contribution in [0.1, 0.15) is 0 Å². The number of hydrogen-bond donors (Lipinski definition) is 1. The zero-order valence-corrected chi connectivity index (χ0v) is 14.4. The Morgan fingerprint density at radius 2 is 1.62 bits per heavy atom. The third-order valence-corrected chi connectivity index (χ3v) is 4.43. The highest BCUT2D eigenvalue weighted by molar-refractivity contribution is 9.10. The van der Waals surface area contributed by atoms with Crippen LogP contribution in [0.2, 0.25) is 0 Å². The summed E-state index contributed by atoms with van der Waals surface area (Å²) in [6.07, 6.45) is 0. The molecule has 1 fully saturated rings. The number of rotatable bonds is 2. The highest BCUT2D eigenvalue weighted by Crippen LogP contribution is 2.22. The molecule has 0 bridgehead atoms. The van der Waals surface area contributed by atoms with Gasteiger partial charge in [0.1, 0.15) is 17.3 Å². The van der Waals surface area contributed by atoms with Gasteiger partial charge in [0, 0.05) is 36.3 Å². The monoisotopic (exact) mass is 395 g/mol. The van der Waals surface area contributed by atoms with Gasteiger partial charge in [0.15, 0.2) is 0 Å². The van der Waals surface area contributed by atoms with Crippen LogP contribution in [0.25, 0.3) is 0 Å². The molecule has 1 N–H and O–H groups in total. The van der Waals surface area contributed by atoms with E-state index in [9.17, 15) is 13.6 Å². The van der Waals surface area contributed by atoms with Crippen LogP contribution in [0.4, 0.5) is 25.0 Å². The fourth-order valence-corrected chi connectivity index (χ4v) is 3.03. The van der Waals surface area contributed by atoms with Gasteiger partial charge in [0.2, 0.25) is 0 Å². The fourth-order valence-electron chi connectivity index (χ4n) is 2.64. The van der Waals surface area contributed by atoms with Gasteiger partial charge < -0.3 is 15.1 Å². The van der Waals surface area contributed by atoms with Crippen LogP contribution >= 0.6 is 15.9 Å². The zero-order valence-electron chi connectivity index (χ0n) is 12.8. The number of nitrogens with one attached hydrogen (secondary N) is 1. The number of carbonyl (C=O) groups is 1. The number of urea groups is 1. The Morgan fingerprint density at radius 3 is 2.25 bits per heavy atom. The number of halogens is 3. The van der Waals surface area contributed by atoms with Gasteiger partial charge in [0.05, 0.1) is 0 Å². The van der Waals surface area contributed by atoms with E-state index in [0.29, 0.717) is 26.2 Å². The van der Waals surface area contributed by atoms with Crippen molar-refractivity contribution < 1.29 is 13.6 Å². The summed E-state index contributed by atoms with van der Waals surface area (Å²) in [7, 11) is 0. The van der Waals surface area contributed by atoms with Gasteiger partial charge in [-0.15, -0.1) is 0 Å². The number of hydrogen-bond acceptors (Lipinski definition) is 2. The lowest BCUT2D eigenvalue weighted by Crippen LogP contribution is -2.50. The minimum absolute atomic E-state index is 0.406. The molecule has 126 valence electrons. The Balaban J connectivity index is 1.61. The second kappa shape index (κ2) is 7.17. The van der Waals surface area contributed by atoms with E-state index in [0.717, 1.165) is 22.3 Å². The van der Waals surface area contributed by atoms with Crippen LogP contribution in [-0.4, -0.2) is 37.1 Å². The van der Waals surface area contributed by atoms with Crippen molar-refractivity contribution in [2.75, 3.05) is 36.4 Å². The highest BCUT2D eigenvalue weighted by Gasteiger charge is 2.23. The summed E-state index contributed by atoms with van der Waals surface area (Å²) < 4.78 is 28.2. The van der Waals surface area contributed by atoms with Crippen LogP contribution < -0.4 is 10.2 Å². The predicted octanol–water partition coefficient (Wildman–Crippen LogP) is 4.08. The van der Waals surface area contributed by atoms with Crippen molar-refractivity contribution in [2.24, 2.45) is 0 Å². The Hall–Kier alpha value is -2.15. The summed E-state index contributed by atoms with van der Waals surface area (Å²) in [4.78, 5) is 15.9. The van der Waals surface area contributed by atoms with Crippen LogP contribution in [0.5, 0.6) is 0 Å². The van der Waals surface area contributed by atoms with Crippen molar-refractivity contribution in [2.45, 2.75) is 0 Å². The number of carbonyl (C=O) groups excluding carboxylic acids is 1. The summed E-state index contributed by atoms with van der Waals surface area (Å²) in [6, 6.07) is 10.9. The Kier molecular flexibility index (Phi) is 4.99. The van der Waals surface area contributed by atoms with Gasteiger partial charge in [-0.05, 0) is 30.3 Å². The lowest BCUT2D eigenvalue weighted by molar-refractivity contribution is 0.208. The number of para-hydroxylation sites is 1. The van der Waals surface area contributed by atoms with Crippen LogP contribution in [0.15, 0.2) is 46.9 Å². The van der Waals surface area contributed by atoms with E-state index in [1.165, 1.54) is 6.07 Å². The predicted molar refractivity (Wildman–Crippen MR) is 93.3 cm³/mol. The SMILES string of the molecule is O=C(Nc1c(F)cccc1F)N1CCN(c2cccc(Br)c2)CC1. The lowest BCUT2D eigenvalue weighted by atomic mass is 10.2. The quantitative estimate of drug-likeness (QED) is 0.831. The largest absolute Gasteiger partial charge is 0.368 e. The molecule has 1 aliphatic heterocycles. The van der Waals surface area contributed by atoms with Crippen molar-refractivity contribution in [3.05, 3.63) is 58.6 Å². The second-order valence-electron chi connectivity index (χ2n) is 5.48. The van der Waals surface area contributed by atoms with Gasteiger partial charge in [-0.2, -0.15) is 0 Å². The van der Waals surface area contributed by atoms with Crippen molar-refractivity contribution in [3.63, 3.8) is 0 Å². The molecule has 0 atom stereocenters. The number of anilines is 2. The van der Waals surface area contributed by atoms with Crippen molar-refractivity contribution in [1.82, 2.24) is 4.90 Å². The smallest absolute Gasteiger partial charge is 0.322 e. The Labute approximate surface area is 147 Å². The third kappa shape index (κ3) is 3.67. The molecule has 1 saturated heterocycles. The molecule has 2 amide bonds. The van der Waals surface area contributed by atoms with Gasteiger partial charge >= 0.3 is 6.03 Å². The molecule has 0 aliphatic carbocycles. The zero-order chi connectivity index (χ0) is 17.1. The number of nitrogens with zero attached hydrogens (tertiary/aromatic N) is 2. The molecule has 0 spiro atoms. The van der Waals surface area contributed by atoms with E-state index < -0.39 is 23.4 Å². The lowest BCUT2D eigenvalue weighted by Gasteiger charge is -2.36. The van der Waals surface area contributed by atoms with Gasteiger partial charge in [-0.25, -0.2) is 13.6 Å².